The molecule has 0 radical (unpaired) electrons. The fraction of sp³-hybridized carbons (Fsp3) is 0.0909. The number of nitrogens with two attached hydrogens (primary N) is 2. The molecule has 0 atom stereocenters. The average molecular weight is 218 g/mol. The largest absolute Gasteiger partial charge is 0.465 e. The van der Waals surface area contributed by atoms with Gasteiger partial charge in [-0.3, -0.25) is 4.79 Å². The van der Waals surface area contributed by atoms with Crippen LogP contribution in [0.3, 0.4) is 0 Å². The highest BCUT2D eigenvalue weighted by Crippen LogP contribution is 2.14. The third kappa shape index (κ3) is 2.75. The van der Waals surface area contributed by atoms with Crippen molar-refractivity contribution in [3.63, 3.8) is 0 Å². The van der Waals surface area contributed by atoms with Gasteiger partial charge in [0.05, 0.1) is 12.7 Å². The van der Waals surface area contributed by atoms with Crippen LogP contribution in [0, 0.1) is 11.8 Å². The third-order valence-electron chi connectivity index (χ3n) is 1.79. The second-order valence-electron chi connectivity index (χ2n) is 2.91. The second-order valence-corrected chi connectivity index (χ2v) is 2.91. The van der Waals surface area contributed by atoms with Gasteiger partial charge < -0.3 is 16.2 Å². The predicted octanol–water partition coefficient (Wildman–Crippen LogP) is -0.108. The summed E-state index contributed by atoms with van der Waals surface area (Å²) in [7, 11) is 1.27. The minimum atomic E-state index is -0.726. The van der Waals surface area contributed by atoms with E-state index in [-0.39, 0.29) is 11.3 Å². The molecule has 0 heterocycles. The molecule has 1 amide bonds. The molecule has 1 aromatic carbocycles. The molecule has 82 valence electrons. The first-order valence-electron chi connectivity index (χ1n) is 4.34. The molecule has 0 saturated heterocycles. The Bertz CT molecular complexity index is 498. The summed E-state index contributed by atoms with van der Waals surface area (Å²) in [5, 5.41) is 0. The van der Waals surface area contributed by atoms with Crippen LogP contribution in [-0.2, 0) is 9.53 Å². The third-order valence-corrected chi connectivity index (χ3v) is 1.79. The Morgan fingerprint density at radius 3 is 2.56 bits per heavy atom. The monoisotopic (exact) mass is 218 g/mol. The molecular weight excluding hydrogens is 208 g/mol. The van der Waals surface area contributed by atoms with Gasteiger partial charge in [0.1, 0.15) is 0 Å². The standard InChI is InChI=1S/C11H10N2O3/c1-16-11(15)8-4-2-7(6-9(8)12)3-5-10(13)14/h2,4,6H,12H2,1H3,(H2,13,14). The Labute approximate surface area is 92.4 Å². The number of ether oxygens (including phenoxy) is 1. The SMILES string of the molecule is COC(=O)c1ccc(C#CC(N)=O)cc1N. The van der Waals surface area contributed by atoms with Gasteiger partial charge in [-0.15, -0.1) is 0 Å². The van der Waals surface area contributed by atoms with Crippen LogP contribution in [0.25, 0.3) is 0 Å². The summed E-state index contributed by atoms with van der Waals surface area (Å²) in [5.74, 6) is 3.43. The summed E-state index contributed by atoms with van der Waals surface area (Å²) < 4.78 is 4.53. The van der Waals surface area contributed by atoms with Crippen LogP contribution in [0.1, 0.15) is 15.9 Å². The lowest BCUT2D eigenvalue weighted by molar-refractivity contribution is -0.112. The fourth-order valence-electron chi connectivity index (χ4n) is 1.07. The Morgan fingerprint density at radius 2 is 2.06 bits per heavy atom. The van der Waals surface area contributed by atoms with E-state index in [2.05, 4.69) is 16.6 Å². The van der Waals surface area contributed by atoms with Gasteiger partial charge in [-0.2, -0.15) is 0 Å². The average Bonchev–Trinajstić information content (AvgIpc) is 2.25. The van der Waals surface area contributed by atoms with E-state index in [1.54, 1.807) is 6.07 Å². The Balaban J connectivity index is 3.06. The maximum Gasteiger partial charge on any atom is 0.339 e. The number of rotatable bonds is 1. The van der Waals surface area contributed by atoms with Crippen molar-refractivity contribution in [2.45, 2.75) is 0 Å². The van der Waals surface area contributed by atoms with E-state index in [1.807, 2.05) is 0 Å². The minimum absolute atomic E-state index is 0.239. The Morgan fingerprint density at radius 1 is 1.38 bits per heavy atom. The van der Waals surface area contributed by atoms with Gasteiger partial charge in [-0.05, 0) is 24.1 Å². The van der Waals surface area contributed by atoms with Gasteiger partial charge in [0.2, 0.25) is 0 Å². The van der Waals surface area contributed by atoms with E-state index < -0.39 is 11.9 Å². The quantitative estimate of drug-likeness (QED) is 0.390. The molecular formula is C11H10N2O3. The van der Waals surface area contributed by atoms with Crippen molar-refractivity contribution in [3.05, 3.63) is 29.3 Å². The minimum Gasteiger partial charge on any atom is -0.465 e. The summed E-state index contributed by atoms with van der Waals surface area (Å²) in [6.07, 6.45) is 0. The first-order valence-corrected chi connectivity index (χ1v) is 4.34. The summed E-state index contributed by atoms with van der Waals surface area (Å²) in [6, 6.07) is 4.51. The molecule has 5 heteroatoms. The van der Waals surface area contributed by atoms with Gasteiger partial charge in [-0.1, -0.05) is 5.92 Å². The normalized spacial score (nSPS) is 8.81. The maximum absolute atomic E-state index is 11.2. The summed E-state index contributed by atoms with van der Waals surface area (Å²) in [4.78, 5) is 21.6. The van der Waals surface area contributed by atoms with E-state index in [1.165, 1.54) is 19.2 Å². The molecule has 0 spiro atoms. The topological polar surface area (TPSA) is 95.4 Å². The van der Waals surface area contributed by atoms with E-state index in [4.69, 9.17) is 11.5 Å². The van der Waals surface area contributed by atoms with E-state index >= 15 is 0 Å². The van der Waals surface area contributed by atoms with Crippen LogP contribution in [0.5, 0.6) is 0 Å². The number of hydrogen-bond donors (Lipinski definition) is 2. The number of methoxy groups -OCH3 is 1. The molecule has 0 aliphatic heterocycles. The van der Waals surface area contributed by atoms with E-state index in [0.29, 0.717) is 5.56 Å². The van der Waals surface area contributed by atoms with Crippen molar-refractivity contribution in [2.24, 2.45) is 5.73 Å². The van der Waals surface area contributed by atoms with Gasteiger partial charge in [0, 0.05) is 11.3 Å². The number of amides is 1. The van der Waals surface area contributed by atoms with Crippen molar-refractivity contribution in [3.8, 4) is 11.8 Å². The van der Waals surface area contributed by atoms with Crippen molar-refractivity contribution >= 4 is 17.6 Å². The highest BCUT2D eigenvalue weighted by atomic mass is 16.5. The molecule has 0 unspecified atom stereocenters. The molecule has 0 aliphatic rings. The zero-order valence-electron chi connectivity index (χ0n) is 8.61. The number of benzene rings is 1. The van der Waals surface area contributed by atoms with Crippen molar-refractivity contribution in [1.82, 2.24) is 0 Å². The van der Waals surface area contributed by atoms with Crippen LogP contribution in [0.15, 0.2) is 18.2 Å². The molecule has 1 aromatic rings. The number of carbonyl (C=O) groups excluding carboxylic acids is 2. The number of carbonyl (C=O) groups is 2. The van der Waals surface area contributed by atoms with E-state index in [9.17, 15) is 9.59 Å². The van der Waals surface area contributed by atoms with Crippen LogP contribution < -0.4 is 11.5 Å². The van der Waals surface area contributed by atoms with Crippen molar-refractivity contribution < 1.29 is 14.3 Å². The Kier molecular flexibility index (Phi) is 3.51. The van der Waals surface area contributed by atoms with Gasteiger partial charge >= 0.3 is 5.97 Å². The zero-order chi connectivity index (χ0) is 12.1. The smallest absolute Gasteiger partial charge is 0.339 e. The summed E-state index contributed by atoms with van der Waals surface area (Å²) in [6.45, 7) is 0. The molecule has 1 rings (SSSR count). The van der Waals surface area contributed by atoms with E-state index in [0.717, 1.165) is 0 Å². The molecule has 5 nitrogen and oxygen atoms in total. The number of nitrogen functional groups attached to an aromatic ring is 1. The molecule has 4 N–H and O–H groups in total. The number of primary amides is 1. The Hall–Kier alpha value is -2.48. The van der Waals surface area contributed by atoms with Gasteiger partial charge in [-0.25, -0.2) is 4.79 Å². The predicted molar refractivity (Wildman–Crippen MR) is 58.3 cm³/mol. The lowest BCUT2D eigenvalue weighted by atomic mass is 10.1. The van der Waals surface area contributed by atoms with Crippen LogP contribution in [0.2, 0.25) is 0 Å². The molecule has 0 aliphatic carbocycles. The van der Waals surface area contributed by atoms with Crippen molar-refractivity contribution in [1.29, 1.82) is 0 Å². The molecule has 0 saturated carbocycles. The zero-order valence-corrected chi connectivity index (χ0v) is 8.61. The lowest BCUT2D eigenvalue weighted by Gasteiger charge is -2.03. The summed E-state index contributed by atoms with van der Waals surface area (Å²) in [5.41, 5.74) is 11.5. The van der Waals surface area contributed by atoms with Crippen LogP contribution in [0.4, 0.5) is 5.69 Å². The highest BCUT2D eigenvalue weighted by Gasteiger charge is 2.09. The summed E-state index contributed by atoms with van der Waals surface area (Å²) >= 11 is 0. The first kappa shape index (κ1) is 11.6. The highest BCUT2D eigenvalue weighted by molar-refractivity contribution is 5.95. The number of anilines is 1. The molecule has 16 heavy (non-hydrogen) atoms. The second kappa shape index (κ2) is 4.84. The van der Waals surface area contributed by atoms with Gasteiger partial charge in [0.25, 0.3) is 5.91 Å². The lowest BCUT2D eigenvalue weighted by Crippen LogP contribution is -2.07. The van der Waals surface area contributed by atoms with Crippen LogP contribution >= 0.6 is 0 Å². The number of hydrogen-bond acceptors (Lipinski definition) is 4. The molecule has 0 bridgehead atoms. The maximum atomic E-state index is 11.2. The molecule has 0 fully saturated rings. The van der Waals surface area contributed by atoms with Gasteiger partial charge in [0.15, 0.2) is 0 Å². The fourth-order valence-corrected chi connectivity index (χ4v) is 1.07. The first-order chi connectivity index (χ1) is 7.54. The van der Waals surface area contributed by atoms with Crippen molar-refractivity contribution in [2.75, 3.05) is 12.8 Å². The van der Waals surface area contributed by atoms with Crippen LogP contribution in [-0.4, -0.2) is 19.0 Å². The molecule has 0 aromatic heterocycles. The number of esters is 1.